The minimum absolute atomic E-state index is 0.0884. The lowest BCUT2D eigenvalue weighted by molar-refractivity contribution is -0.142. The lowest BCUT2D eigenvalue weighted by Crippen LogP contribution is -2.53. The van der Waals surface area contributed by atoms with Crippen LogP contribution in [-0.2, 0) is 20.7 Å². The van der Waals surface area contributed by atoms with E-state index < -0.39 is 0 Å². The van der Waals surface area contributed by atoms with Crippen LogP contribution in [0.4, 0.5) is 5.00 Å². The van der Waals surface area contributed by atoms with Crippen LogP contribution >= 0.6 is 23.6 Å². The van der Waals surface area contributed by atoms with Crippen LogP contribution in [0.25, 0.3) is 0 Å². The minimum atomic E-state index is -0.349. The van der Waals surface area contributed by atoms with Crippen LogP contribution in [0.1, 0.15) is 40.6 Å². The fraction of sp³-hybridized carbons (Fsp3) is 0.632. The van der Waals surface area contributed by atoms with Gasteiger partial charge < -0.3 is 24.6 Å². The Morgan fingerprint density at radius 3 is 2.54 bits per heavy atom. The first-order valence-corrected chi connectivity index (χ1v) is 10.9. The first-order chi connectivity index (χ1) is 13.5. The van der Waals surface area contributed by atoms with E-state index in [1.165, 1.54) is 18.4 Å². The van der Waals surface area contributed by atoms with Crippen molar-refractivity contribution in [2.75, 3.05) is 45.2 Å². The summed E-state index contributed by atoms with van der Waals surface area (Å²) < 4.78 is 10.5. The number of anilines is 1. The molecule has 2 aliphatic rings. The second kappa shape index (κ2) is 9.19. The van der Waals surface area contributed by atoms with Gasteiger partial charge in [0.2, 0.25) is 0 Å². The summed E-state index contributed by atoms with van der Waals surface area (Å²) in [6.45, 7) is 7.24. The molecule has 2 aliphatic heterocycles. The molecular weight excluding hydrogens is 398 g/mol. The second-order valence-corrected chi connectivity index (χ2v) is 8.54. The predicted octanol–water partition coefficient (Wildman–Crippen LogP) is 2.43. The zero-order valence-electron chi connectivity index (χ0n) is 16.6. The fourth-order valence-corrected chi connectivity index (χ4v) is 5.17. The number of hydrogen-bond acceptors (Lipinski definition) is 6. The minimum Gasteiger partial charge on any atom is -0.465 e. The molecule has 2 saturated heterocycles. The van der Waals surface area contributed by atoms with Gasteiger partial charge in [0, 0.05) is 37.7 Å². The molecule has 9 heteroatoms. The molecule has 154 valence electrons. The van der Waals surface area contributed by atoms with Crippen LogP contribution in [0.15, 0.2) is 0 Å². The molecule has 1 amide bonds. The zero-order chi connectivity index (χ0) is 20.3. The van der Waals surface area contributed by atoms with E-state index in [2.05, 4.69) is 5.32 Å². The standard InChI is InChI=1S/C19H27N3O4S2/c1-4-13-12(2)28-16(15(13)18(24)25-3)20-19(27)22-9-7-21(8-10-22)17(23)14-6-5-11-26-14/h14H,4-11H2,1-3H3,(H,20,27)/t14-/m0/s1. The zero-order valence-corrected chi connectivity index (χ0v) is 18.2. The van der Waals surface area contributed by atoms with Crippen molar-refractivity contribution >= 4 is 45.5 Å². The van der Waals surface area contributed by atoms with Gasteiger partial charge in [-0.1, -0.05) is 6.92 Å². The molecule has 0 unspecified atom stereocenters. The number of aryl methyl sites for hydroxylation is 1. The molecule has 0 bridgehead atoms. The summed E-state index contributed by atoms with van der Waals surface area (Å²) in [6, 6.07) is 0. The average Bonchev–Trinajstić information content (AvgIpc) is 3.34. The molecule has 28 heavy (non-hydrogen) atoms. The molecule has 7 nitrogen and oxygen atoms in total. The van der Waals surface area contributed by atoms with E-state index in [1.54, 1.807) is 0 Å². The van der Waals surface area contributed by atoms with E-state index in [1.807, 2.05) is 23.6 Å². The Bertz CT molecular complexity index is 751. The van der Waals surface area contributed by atoms with Crippen molar-refractivity contribution in [1.29, 1.82) is 0 Å². The van der Waals surface area contributed by atoms with E-state index in [-0.39, 0.29) is 18.0 Å². The Morgan fingerprint density at radius 2 is 1.96 bits per heavy atom. The molecule has 1 aromatic heterocycles. The lowest BCUT2D eigenvalue weighted by atomic mass is 10.1. The van der Waals surface area contributed by atoms with E-state index in [0.717, 1.165) is 34.7 Å². The number of methoxy groups -OCH3 is 1. The summed E-state index contributed by atoms with van der Waals surface area (Å²) in [6.07, 6.45) is 2.24. The van der Waals surface area contributed by atoms with Gasteiger partial charge in [0.15, 0.2) is 5.11 Å². The number of thiophene rings is 1. The van der Waals surface area contributed by atoms with E-state index in [0.29, 0.717) is 43.5 Å². The molecule has 1 N–H and O–H groups in total. The van der Waals surface area contributed by atoms with Gasteiger partial charge in [-0.3, -0.25) is 4.79 Å². The largest absolute Gasteiger partial charge is 0.465 e. The molecule has 3 heterocycles. The average molecular weight is 426 g/mol. The summed E-state index contributed by atoms with van der Waals surface area (Å²) in [4.78, 5) is 29.7. The van der Waals surface area contributed by atoms with Gasteiger partial charge in [0.05, 0.1) is 12.7 Å². The molecule has 1 atom stereocenters. The number of ether oxygens (including phenoxy) is 2. The van der Waals surface area contributed by atoms with Gasteiger partial charge in [0.25, 0.3) is 5.91 Å². The highest BCUT2D eigenvalue weighted by molar-refractivity contribution is 7.80. The quantitative estimate of drug-likeness (QED) is 0.587. The Labute approximate surface area is 175 Å². The Hall–Kier alpha value is -1.71. The summed E-state index contributed by atoms with van der Waals surface area (Å²) in [5.74, 6) is -0.260. The van der Waals surface area contributed by atoms with Crippen LogP contribution in [0.2, 0.25) is 0 Å². The number of nitrogens with zero attached hydrogens (tertiary/aromatic N) is 2. The molecule has 0 spiro atoms. The maximum atomic E-state index is 12.5. The van der Waals surface area contributed by atoms with E-state index in [4.69, 9.17) is 21.7 Å². The molecule has 0 saturated carbocycles. The van der Waals surface area contributed by atoms with Crippen LogP contribution in [0, 0.1) is 6.92 Å². The van der Waals surface area contributed by atoms with Crippen molar-refractivity contribution in [2.24, 2.45) is 0 Å². The third-order valence-corrected chi connectivity index (χ3v) is 6.68. The van der Waals surface area contributed by atoms with E-state index >= 15 is 0 Å². The number of hydrogen-bond donors (Lipinski definition) is 1. The number of esters is 1. The number of amides is 1. The van der Waals surface area contributed by atoms with Crippen molar-refractivity contribution in [3.63, 3.8) is 0 Å². The maximum absolute atomic E-state index is 12.5. The van der Waals surface area contributed by atoms with Gasteiger partial charge in [-0.15, -0.1) is 11.3 Å². The van der Waals surface area contributed by atoms with E-state index in [9.17, 15) is 9.59 Å². The highest BCUT2D eigenvalue weighted by Crippen LogP contribution is 2.34. The van der Waals surface area contributed by atoms with Crippen molar-refractivity contribution in [3.8, 4) is 0 Å². The number of piperazine rings is 1. The van der Waals surface area contributed by atoms with Crippen molar-refractivity contribution in [1.82, 2.24) is 9.80 Å². The summed E-state index contributed by atoms with van der Waals surface area (Å²) >= 11 is 7.10. The third kappa shape index (κ3) is 4.31. The van der Waals surface area contributed by atoms with Crippen LogP contribution in [0.3, 0.4) is 0 Å². The molecule has 1 aromatic rings. The monoisotopic (exact) mass is 425 g/mol. The number of carbonyl (C=O) groups is 2. The highest BCUT2D eigenvalue weighted by Gasteiger charge is 2.31. The smallest absolute Gasteiger partial charge is 0.341 e. The fourth-order valence-electron chi connectivity index (χ4n) is 3.69. The third-order valence-electron chi connectivity index (χ3n) is 5.26. The Balaban J connectivity index is 1.62. The number of nitrogens with one attached hydrogen (secondary N) is 1. The van der Waals surface area contributed by atoms with Gasteiger partial charge in [-0.05, 0) is 44.0 Å². The number of thiocarbonyl (C=S) groups is 1. The maximum Gasteiger partial charge on any atom is 0.341 e. The summed E-state index contributed by atoms with van der Waals surface area (Å²) in [5.41, 5.74) is 1.57. The van der Waals surface area contributed by atoms with Crippen molar-refractivity contribution < 1.29 is 19.1 Å². The molecule has 0 aromatic carbocycles. The van der Waals surface area contributed by atoms with Crippen LogP contribution in [0.5, 0.6) is 0 Å². The lowest BCUT2D eigenvalue weighted by Gasteiger charge is -2.37. The second-order valence-electron chi connectivity index (χ2n) is 6.93. The SMILES string of the molecule is CCc1c(C)sc(NC(=S)N2CCN(C(=O)[C@@H]3CCCO3)CC2)c1C(=O)OC. The topological polar surface area (TPSA) is 71.1 Å². The normalized spacial score (nSPS) is 19.6. The molecular formula is C19H27N3O4S2. The van der Waals surface area contributed by atoms with Gasteiger partial charge in [0.1, 0.15) is 11.1 Å². The Morgan fingerprint density at radius 1 is 1.29 bits per heavy atom. The highest BCUT2D eigenvalue weighted by atomic mass is 32.1. The molecule has 0 aliphatic carbocycles. The van der Waals surface area contributed by atoms with Crippen molar-refractivity contribution in [3.05, 3.63) is 16.0 Å². The molecule has 2 fully saturated rings. The first-order valence-electron chi connectivity index (χ1n) is 9.63. The summed E-state index contributed by atoms with van der Waals surface area (Å²) in [5, 5.41) is 4.53. The van der Waals surface area contributed by atoms with Crippen LogP contribution in [-0.4, -0.2) is 72.8 Å². The Kier molecular flexibility index (Phi) is 6.90. The number of carbonyl (C=O) groups excluding carboxylic acids is 2. The van der Waals surface area contributed by atoms with Crippen molar-refractivity contribution in [2.45, 2.75) is 39.2 Å². The molecule has 3 rings (SSSR count). The predicted molar refractivity (Wildman–Crippen MR) is 113 cm³/mol. The number of rotatable bonds is 4. The first kappa shape index (κ1) is 21.0. The summed E-state index contributed by atoms with van der Waals surface area (Å²) in [7, 11) is 1.39. The van der Waals surface area contributed by atoms with Gasteiger partial charge >= 0.3 is 5.97 Å². The van der Waals surface area contributed by atoms with Gasteiger partial charge in [-0.2, -0.15) is 0 Å². The van der Waals surface area contributed by atoms with Gasteiger partial charge in [-0.25, -0.2) is 4.79 Å². The molecule has 0 radical (unpaired) electrons. The van der Waals surface area contributed by atoms with Crippen LogP contribution < -0.4 is 5.32 Å².